The lowest BCUT2D eigenvalue weighted by atomic mass is 10.0. The van der Waals surface area contributed by atoms with E-state index in [4.69, 9.17) is 0 Å². The van der Waals surface area contributed by atoms with Crippen molar-refractivity contribution in [3.63, 3.8) is 0 Å². The third-order valence-electron chi connectivity index (χ3n) is 21.6. The van der Waals surface area contributed by atoms with Gasteiger partial charge < -0.3 is 21.3 Å². The molecule has 8 amide bonds. The number of urea groups is 4. The number of halogens is 6. The van der Waals surface area contributed by atoms with E-state index in [0.29, 0.717) is 69.7 Å². The standard InChI is InChI=1S/C24H21N3OS.C22H19N3OS.2C21H15F3N4OS/c28-24-26-14-21(27(24)19-8-7-15-11-12-25-20(15)13-19)16-1-3-17(4-2-16)22-9-10-23(29-22)18-5-6-18;1-14-2-9-21(27-14)17-5-3-16(4-6-17)20-13-24-22(26)25(20)18-8-7-15-10-11-23-19(15)12-18;2*22-21(23,24)19-26-11-18(30-19)14-3-1-13(2-4-14)17-10-27-20(29)28(17)15-6-5-12-7-8-25-16(12)9-15/h1-4,7-10,12-13,18,21H,5-6,11,14H2,(H,26,28);2-9,11-12,20H,10,13H2,1H3,(H,24,26);2*1-6,8-9,11,17H,7,10H2,(H,27,29)/t;;2*17-/m..10/s1. The molecule has 12 heterocycles. The van der Waals surface area contributed by atoms with Crippen molar-refractivity contribution < 1.29 is 45.5 Å². The summed E-state index contributed by atoms with van der Waals surface area (Å²) in [5, 5.41) is 9.99. The van der Waals surface area contributed by atoms with Gasteiger partial charge in [-0.1, -0.05) is 121 Å². The second-order valence-electron chi connectivity index (χ2n) is 29.0. The predicted octanol–water partition coefficient (Wildman–Crippen LogP) is 21.8. The molecule has 4 saturated heterocycles. The van der Waals surface area contributed by atoms with Crippen molar-refractivity contribution in [2.45, 2.75) is 87.9 Å². The van der Waals surface area contributed by atoms with Crippen LogP contribution in [0.15, 0.2) is 226 Å². The molecule has 8 aromatic carbocycles. The minimum Gasteiger partial charge on any atom is -0.335 e. The van der Waals surface area contributed by atoms with Crippen LogP contribution in [0.3, 0.4) is 0 Å². The number of nitrogens with one attached hydrogen (secondary N) is 4. The largest absolute Gasteiger partial charge is 0.443 e. The number of hydrogen-bond donors (Lipinski definition) is 4. The number of benzene rings is 8. The Kier molecular flexibility index (Phi) is 20.2. The second kappa shape index (κ2) is 31.2. The molecule has 0 spiro atoms. The molecule has 0 radical (unpaired) electrons. The van der Waals surface area contributed by atoms with E-state index in [9.17, 15) is 45.5 Å². The Balaban J connectivity index is 0.000000107. The molecule has 0 bridgehead atoms. The molecule has 4 N–H and O–H groups in total. The molecule has 1 aliphatic carbocycles. The van der Waals surface area contributed by atoms with Crippen LogP contribution in [0.2, 0.25) is 0 Å². The molecule has 5 fully saturated rings. The molecule has 2 unspecified atom stereocenters. The fourth-order valence-electron chi connectivity index (χ4n) is 15.5. The first-order valence-corrected chi connectivity index (χ1v) is 41.1. The van der Waals surface area contributed by atoms with Gasteiger partial charge >= 0.3 is 36.5 Å². The minimum absolute atomic E-state index is 0.00894. The first-order valence-electron chi connectivity index (χ1n) is 37.8. The van der Waals surface area contributed by atoms with E-state index in [0.717, 1.165) is 110 Å². The molecular weight excluding hydrogens is 1560 g/mol. The van der Waals surface area contributed by atoms with Gasteiger partial charge in [0, 0.05) is 131 Å². The summed E-state index contributed by atoms with van der Waals surface area (Å²) in [6, 6.07) is 63.4. The minimum atomic E-state index is -4.45. The highest BCUT2D eigenvalue weighted by atomic mass is 32.1. The van der Waals surface area contributed by atoms with Gasteiger partial charge in [0.1, 0.15) is 0 Å². The first-order chi connectivity index (χ1) is 56.2. The predicted molar refractivity (Wildman–Crippen MR) is 449 cm³/mol. The topological polar surface area (TPSA) is 205 Å². The first kappa shape index (κ1) is 75.1. The summed E-state index contributed by atoms with van der Waals surface area (Å²) in [6.45, 7) is 4.23. The zero-order valence-corrected chi connectivity index (χ0v) is 65.2. The third kappa shape index (κ3) is 15.4. The Bertz CT molecular complexity index is 5750. The van der Waals surface area contributed by atoms with Gasteiger partial charge in [-0.25, -0.2) is 29.1 Å². The highest BCUT2D eigenvalue weighted by Crippen LogP contribution is 2.47. The summed E-state index contributed by atoms with van der Waals surface area (Å²) in [5.41, 5.74) is 19.5. The summed E-state index contributed by atoms with van der Waals surface area (Å²) in [7, 11) is 0. The molecule has 1 saturated carbocycles. The molecule has 9 aliphatic rings. The highest BCUT2D eigenvalue weighted by molar-refractivity contribution is 7.16. The van der Waals surface area contributed by atoms with Gasteiger partial charge in [0.25, 0.3) is 0 Å². The number of aryl methyl sites for hydroxylation is 1. The second-order valence-corrected chi connectivity index (χ2v) is 33.5. The molecule has 21 rings (SSSR count). The van der Waals surface area contributed by atoms with E-state index < -0.39 is 22.4 Å². The smallest absolute Gasteiger partial charge is 0.335 e. The molecule has 4 aromatic heterocycles. The fraction of sp³-hybridized carbons (Fsp3) is 0.205. The lowest BCUT2D eigenvalue weighted by molar-refractivity contribution is -0.138. The number of thiophene rings is 2. The number of carbonyl (C=O) groups is 4. The van der Waals surface area contributed by atoms with Crippen molar-refractivity contribution in [3.05, 3.63) is 271 Å². The quantitative estimate of drug-likeness (QED) is 0.0826. The van der Waals surface area contributed by atoms with Crippen LogP contribution in [0.5, 0.6) is 0 Å². The molecule has 582 valence electrons. The number of alkyl halides is 6. The number of amides is 8. The number of thiazole rings is 2. The molecule has 4 atom stereocenters. The maximum atomic E-state index is 12.8. The van der Waals surface area contributed by atoms with E-state index in [-0.39, 0.29) is 48.3 Å². The summed E-state index contributed by atoms with van der Waals surface area (Å²) >= 11 is 4.94. The normalized spacial score (nSPS) is 18.6. The maximum absolute atomic E-state index is 12.8. The van der Waals surface area contributed by atoms with Crippen LogP contribution in [0.4, 0.5) is 91.0 Å². The summed E-state index contributed by atoms with van der Waals surface area (Å²) in [6.07, 6.45) is 7.12. The zero-order valence-electron chi connectivity index (χ0n) is 61.9. The van der Waals surface area contributed by atoms with E-state index in [1.165, 1.54) is 67.0 Å². The SMILES string of the molecule is Cc1ccc(-c2ccc(C3CNC(=O)N3c3ccc4c(c3)N=CC4)cc2)s1.O=C1NCC(c2ccc(-c3ccc(C4CC4)s3)cc2)N1c1ccc2c(c1)N=CC2.O=C1NC[C@@H](c2ccc(-c3cnc(C(F)(F)F)s3)cc2)N1c1ccc2c(c1)N=CC2.O=C1NC[C@H](c2ccc(-c3cnc(C(F)(F)F)s3)cc2)N1c1ccc2c(c1)N=CC2. The Morgan fingerprint density at radius 2 is 0.638 bits per heavy atom. The molecule has 28 heteroatoms. The number of hydrogen-bond acceptors (Lipinski definition) is 14. The Hall–Kier alpha value is -12.2. The zero-order chi connectivity index (χ0) is 79.5. The van der Waals surface area contributed by atoms with Crippen LogP contribution < -0.4 is 40.9 Å². The molecule has 8 aliphatic heterocycles. The van der Waals surface area contributed by atoms with Crippen molar-refractivity contribution in [1.82, 2.24) is 31.2 Å². The van der Waals surface area contributed by atoms with Gasteiger partial charge in [-0.2, -0.15) is 26.3 Å². The van der Waals surface area contributed by atoms with Gasteiger partial charge in [-0.05, 0) is 165 Å². The van der Waals surface area contributed by atoms with Gasteiger partial charge in [0.05, 0.1) is 56.7 Å². The molecule has 116 heavy (non-hydrogen) atoms. The number of fused-ring (bicyclic) bond motifs is 4. The number of nitrogens with zero attached hydrogens (tertiary/aromatic N) is 10. The van der Waals surface area contributed by atoms with E-state index in [1.54, 1.807) is 45.4 Å². The van der Waals surface area contributed by atoms with Crippen LogP contribution in [0.25, 0.3) is 41.8 Å². The number of rotatable bonds is 13. The lowest BCUT2D eigenvalue weighted by Gasteiger charge is -2.24. The van der Waals surface area contributed by atoms with E-state index in [1.807, 2.05) is 131 Å². The number of carbonyl (C=O) groups excluding carboxylic acids is 4. The van der Waals surface area contributed by atoms with Crippen LogP contribution in [-0.4, -0.2) is 85.1 Å². The monoisotopic (exact) mass is 1630 g/mol. The van der Waals surface area contributed by atoms with E-state index >= 15 is 0 Å². The van der Waals surface area contributed by atoms with Crippen molar-refractivity contribution in [2.75, 3.05) is 45.8 Å². The summed E-state index contributed by atoms with van der Waals surface area (Å²) in [4.78, 5) is 88.0. The Morgan fingerprint density at radius 1 is 0.345 bits per heavy atom. The maximum Gasteiger partial charge on any atom is 0.443 e. The average Bonchev–Trinajstić information content (AvgIpc) is 1.63. The molecular formula is C88H70F6N14O4S4. The average molecular weight is 1630 g/mol. The van der Waals surface area contributed by atoms with Gasteiger partial charge in [-0.3, -0.25) is 39.6 Å². The summed E-state index contributed by atoms with van der Waals surface area (Å²) < 4.78 is 76.8. The van der Waals surface area contributed by atoms with Crippen LogP contribution in [-0.2, 0) is 38.0 Å². The summed E-state index contributed by atoms with van der Waals surface area (Å²) in [5.74, 6) is 0.800. The number of aliphatic imine (C=N–C) groups is 4. The van der Waals surface area contributed by atoms with Crippen LogP contribution in [0, 0.1) is 6.92 Å². The Morgan fingerprint density at radius 3 is 0.914 bits per heavy atom. The van der Waals surface area contributed by atoms with E-state index in [2.05, 4.69) is 143 Å². The highest BCUT2D eigenvalue weighted by Gasteiger charge is 2.40. The van der Waals surface area contributed by atoms with Crippen molar-refractivity contribution in [3.8, 4) is 41.8 Å². The molecule has 12 aromatic rings. The van der Waals surface area contributed by atoms with Gasteiger partial charge in [-0.15, -0.1) is 45.3 Å². The fourth-order valence-corrected chi connectivity index (χ4v) is 19.1. The van der Waals surface area contributed by atoms with Crippen LogP contribution >= 0.6 is 45.3 Å². The lowest BCUT2D eigenvalue weighted by Crippen LogP contribution is -2.29. The van der Waals surface area contributed by atoms with Gasteiger partial charge in [0.15, 0.2) is 10.0 Å². The van der Waals surface area contributed by atoms with Crippen LogP contribution in [0.1, 0.15) is 107 Å². The Labute approximate surface area is 678 Å². The van der Waals surface area contributed by atoms with Gasteiger partial charge in [0.2, 0.25) is 0 Å². The van der Waals surface area contributed by atoms with Crippen molar-refractivity contribution in [1.29, 1.82) is 0 Å². The van der Waals surface area contributed by atoms with Crippen molar-refractivity contribution >= 4 is 140 Å². The van der Waals surface area contributed by atoms with Crippen molar-refractivity contribution in [2.24, 2.45) is 20.0 Å². The number of anilines is 4. The number of aromatic nitrogens is 2. The molecule has 18 nitrogen and oxygen atoms in total. The third-order valence-corrected chi connectivity index (χ3v) is 26.2.